The first-order valence-corrected chi connectivity index (χ1v) is 11.9. The molecule has 4 heterocycles. The quantitative estimate of drug-likeness (QED) is 0.282. The molecule has 0 radical (unpaired) electrons. The highest BCUT2D eigenvalue weighted by molar-refractivity contribution is 5.97. The molecule has 0 amide bonds. The van der Waals surface area contributed by atoms with Gasteiger partial charge in [-0.2, -0.15) is 18.3 Å². The average molecular weight is 524 g/mol. The molecule has 2 aromatic carbocycles. The molecule has 11 heteroatoms. The Balaban J connectivity index is 1.55. The van der Waals surface area contributed by atoms with Crippen LogP contribution in [-0.4, -0.2) is 31.3 Å². The molecule has 3 aromatic heterocycles. The number of para-hydroxylation sites is 1. The van der Waals surface area contributed by atoms with Gasteiger partial charge in [0, 0.05) is 60.2 Å². The second kappa shape index (κ2) is 8.64. The molecule has 0 unspecified atom stereocenters. The van der Waals surface area contributed by atoms with E-state index in [-0.39, 0.29) is 18.2 Å². The number of H-pyrrole nitrogens is 1. The van der Waals surface area contributed by atoms with E-state index in [0.717, 1.165) is 17.8 Å². The lowest BCUT2D eigenvalue weighted by atomic mass is 9.96. The second-order valence-electron chi connectivity index (χ2n) is 9.33. The molecule has 194 valence electrons. The van der Waals surface area contributed by atoms with Gasteiger partial charge in [0.2, 0.25) is 5.95 Å². The number of hydrogen-bond acceptors (Lipinski definition) is 4. The van der Waals surface area contributed by atoms with Crippen molar-refractivity contribution < 1.29 is 22.0 Å². The van der Waals surface area contributed by atoms with Gasteiger partial charge in [0.15, 0.2) is 0 Å². The summed E-state index contributed by atoms with van der Waals surface area (Å²) < 4.78 is 70.9. The maximum atomic E-state index is 15.2. The summed E-state index contributed by atoms with van der Waals surface area (Å²) in [5, 5.41) is 5.51. The summed E-state index contributed by atoms with van der Waals surface area (Å²) in [7, 11) is 0. The number of alkyl halides is 3. The molecule has 0 spiro atoms. The van der Waals surface area contributed by atoms with Crippen molar-refractivity contribution in [1.29, 1.82) is 0 Å². The molecule has 1 aliphatic heterocycles. The second-order valence-corrected chi connectivity index (χ2v) is 9.33. The molecule has 5 aromatic rings. The van der Waals surface area contributed by atoms with Crippen molar-refractivity contribution in [1.82, 2.24) is 24.7 Å². The number of nitrogens with zero attached hydrogens (tertiary/aromatic N) is 5. The Morgan fingerprint density at radius 3 is 2.47 bits per heavy atom. The minimum atomic E-state index is -4.54. The number of fused-ring (bicyclic) bond motifs is 2. The van der Waals surface area contributed by atoms with Crippen LogP contribution < -0.4 is 4.90 Å². The van der Waals surface area contributed by atoms with Gasteiger partial charge in [-0.3, -0.25) is 0 Å². The summed E-state index contributed by atoms with van der Waals surface area (Å²) in [5.74, 6) is -0.779. The molecule has 1 N–H and O–H groups in total. The number of rotatable bonds is 3. The van der Waals surface area contributed by atoms with Gasteiger partial charge in [0.1, 0.15) is 17.3 Å². The number of nitrogens with one attached hydrogen (secondary N) is 1. The van der Waals surface area contributed by atoms with Gasteiger partial charge in [-0.15, -0.1) is 0 Å². The van der Waals surface area contributed by atoms with Gasteiger partial charge >= 0.3 is 6.18 Å². The Morgan fingerprint density at radius 2 is 1.76 bits per heavy atom. The number of anilines is 1. The Hall–Kier alpha value is -4.28. The predicted molar refractivity (Wildman–Crippen MR) is 132 cm³/mol. The molecule has 1 aliphatic rings. The van der Waals surface area contributed by atoms with Gasteiger partial charge in [0.05, 0.1) is 22.5 Å². The smallest absolute Gasteiger partial charge is 0.361 e. The van der Waals surface area contributed by atoms with Gasteiger partial charge in [-0.25, -0.2) is 23.4 Å². The van der Waals surface area contributed by atoms with E-state index in [0.29, 0.717) is 52.1 Å². The number of aromatic amines is 1. The standard InChI is InChI=1S/C27H21F5N6/c1-14-4-3-5-20(28)24(14)38-25(18-10-21(29)15(2)23-17(18)6-8-33-23)19-13-37(9-7-22(19)36-38)26-34-11-16(12-35-26)27(30,31)32/h3-6,8,10-12,33H,7,9,13H2,1-2H3. The zero-order valence-corrected chi connectivity index (χ0v) is 20.4. The summed E-state index contributed by atoms with van der Waals surface area (Å²) >= 11 is 0. The normalized spacial score (nSPS) is 13.8. The lowest BCUT2D eigenvalue weighted by Gasteiger charge is -2.27. The van der Waals surface area contributed by atoms with Crippen molar-refractivity contribution in [2.24, 2.45) is 0 Å². The SMILES string of the molecule is Cc1cccc(F)c1-n1nc2c(c1-c1cc(F)c(C)c3[nH]ccc13)CN(c1ncc(C(F)(F)F)cn1)CC2. The molecule has 0 bridgehead atoms. The minimum Gasteiger partial charge on any atom is -0.361 e. The summed E-state index contributed by atoms with van der Waals surface area (Å²) in [6, 6.07) is 7.97. The van der Waals surface area contributed by atoms with E-state index in [1.165, 1.54) is 16.8 Å². The predicted octanol–water partition coefficient (Wildman–Crippen LogP) is 6.29. The van der Waals surface area contributed by atoms with Crippen molar-refractivity contribution >= 4 is 16.9 Å². The maximum absolute atomic E-state index is 15.2. The summed E-state index contributed by atoms with van der Waals surface area (Å²) in [6.45, 7) is 4.04. The van der Waals surface area contributed by atoms with Crippen molar-refractivity contribution in [2.75, 3.05) is 11.4 Å². The molecular weight excluding hydrogens is 503 g/mol. The average Bonchev–Trinajstić information content (AvgIpc) is 3.51. The van der Waals surface area contributed by atoms with Gasteiger partial charge in [-0.05, 0) is 37.6 Å². The molecule has 38 heavy (non-hydrogen) atoms. The number of halogens is 5. The van der Waals surface area contributed by atoms with Gasteiger partial charge in [-0.1, -0.05) is 12.1 Å². The van der Waals surface area contributed by atoms with Crippen LogP contribution in [0, 0.1) is 25.5 Å². The lowest BCUT2D eigenvalue weighted by molar-refractivity contribution is -0.138. The zero-order valence-electron chi connectivity index (χ0n) is 20.4. The van der Waals surface area contributed by atoms with E-state index in [9.17, 15) is 13.2 Å². The van der Waals surface area contributed by atoms with Crippen LogP contribution in [0.25, 0.3) is 27.8 Å². The highest BCUT2D eigenvalue weighted by Gasteiger charge is 2.33. The molecule has 0 saturated heterocycles. The lowest BCUT2D eigenvalue weighted by Crippen LogP contribution is -2.31. The molecule has 0 aliphatic carbocycles. The third-order valence-electron chi connectivity index (χ3n) is 6.98. The summed E-state index contributed by atoms with van der Waals surface area (Å²) in [5.41, 5.74) is 3.45. The number of aryl methyl sites for hydroxylation is 2. The Labute approximate surface area is 213 Å². The fourth-order valence-electron chi connectivity index (χ4n) is 5.04. The van der Waals surface area contributed by atoms with Gasteiger partial charge in [0.25, 0.3) is 0 Å². The van der Waals surface area contributed by atoms with Crippen molar-refractivity contribution in [3.05, 3.63) is 88.5 Å². The van der Waals surface area contributed by atoms with Gasteiger partial charge < -0.3 is 9.88 Å². The first kappa shape index (κ1) is 24.1. The first-order valence-electron chi connectivity index (χ1n) is 11.9. The Bertz CT molecular complexity index is 1660. The summed E-state index contributed by atoms with van der Waals surface area (Å²) in [4.78, 5) is 12.7. The van der Waals surface area contributed by atoms with Crippen LogP contribution in [0.15, 0.2) is 48.9 Å². The minimum absolute atomic E-state index is 0.131. The van der Waals surface area contributed by atoms with Crippen LogP contribution in [0.2, 0.25) is 0 Å². The fourth-order valence-corrected chi connectivity index (χ4v) is 5.04. The van der Waals surface area contributed by atoms with E-state index >= 15 is 8.78 Å². The molecule has 0 atom stereocenters. The molecule has 0 fully saturated rings. The Kier molecular flexibility index (Phi) is 5.48. The van der Waals surface area contributed by atoms with Crippen molar-refractivity contribution in [3.8, 4) is 16.9 Å². The van der Waals surface area contributed by atoms with E-state index in [1.54, 1.807) is 37.1 Å². The van der Waals surface area contributed by atoms with Crippen LogP contribution in [0.4, 0.5) is 27.9 Å². The highest BCUT2D eigenvalue weighted by atomic mass is 19.4. The van der Waals surface area contributed by atoms with Crippen LogP contribution in [0.1, 0.15) is 27.9 Å². The number of hydrogen-bond donors (Lipinski definition) is 1. The number of benzene rings is 2. The first-order chi connectivity index (χ1) is 18.1. The monoisotopic (exact) mass is 524 g/mol. The van der Waals surface area contributed by atoms with E-state index in [2.05, 4.69) is 15.0 Å². The van der Waals surface area contributed by atoms with Crippen LogP contribution in [0.3, 0.4) is 0 Å². The van der Waals surface area contributed by atoms with Crippen LogP contribution in [-0.2, 0) is 19.1 Å². The fraction of sp³-hybridized carbons (Fsp3) is 0.222. The third-order valence-corrected chi connectivity index (χ3v) is 6.98. The largest absolute Gasteiger partial charge is 0.419 e. The zero-order chi connectivity index (χ0) is 26.8. The third kappa shape index (κ3) is 3.80. The Morgan fingerprint density at radius 1 is 1.00 bits per heavy atom. The topological polar surface area (TPSA) is 62.6 Å². The van der Waals surface area contributed by atoms with Crippen molar-refractivity contribution in [2.45, 2.75) is 33.0 Å². The van der Waals surface area contributed by atoms with E-state index in [4.69, 9.17) is 5.10 Å². The number of aromatic nitrogens is 5. The maximum Gasteiger partial charge on any atom is 0.419 e. The van der Waals surface area contributed by atoms with Crippen LogP contribution in [0.5, 0.6) is 0 Å². The highest BCUT2D eigenvalue weighted by Crippen LogP contribution is 2.39. The van der Waals surface area contributed by atoms with Crippen LogP contribution >= 0.6 is 0 Å². The summed E-state index contributed by atoms with van der Waals surface area (Å²) in [6.07, 6.45) is -0.910. The van der Waals surface area contributed by atoms with E-state index in [1.807, 2.05) is 6.07 Å². The van der Waals surface area contributed by atoms with E-state index < -0.39 is 23.4 Å². The molecule has 6 nitrogen and oxygen atoms in total. The molecular formula is C27H21F5N6. The molecule has 0 saturated carbocycles. The van der Waals surface area contributed by atoms with Crippen molar-refractivity contribution in [3.63, 3.8) is 0 Å². The molecule has 6 rings (SSSR count).